The number of hydrogen-bond acceptors (Lipinski definition) is 8. The molecule has 0 amide bonds. The second-order valence-electron chi connectivity index (χ2n) is 7.24. The Morgan fingerprint density at radius 2 is 1.79 bits per heavy atom. The van der Waals surface area contributed by atoms with Gasteiger partial charge in [-0.05, 0) is 19.1 Å². The summed E-state index contributed by atoms with van der Waals surface area (Å²) in [4.78, 5) is 20.8. The van der Waals surface area contributed by atoms with E-state index in [-0.39, 0.29) is 0 Å². The smallest absolute Gasteiger partial charge is 0.227 e. The van der Waals surface area contributed by atoms with Gasteiger partial charge in [0.1, 0.15) is 11.6 Å². The lowest BCUT2D eigenvalue weighted by atomic mass is 10.3. The van der Waals surface area contributed by atoms with E-state index in [9.17, 15) is 0 Å². The normalized spacial score (nSPS) is 18.3. The van der Waals surface area contributed by atoms with Crippen molar-refractivity contribution < 1.29 is 4.74 Å². The maximum Gasteiger partial charge on any atom is 0.227 e. The molecule has 4 heterocycles. The molecular formula is C20H29N7O. The van der Waals surface area contributed by atoms with E-state index in [2.05, 4.69) is 43.0 Å². The van der Waals surface area contributed by atoms with Gasteiger partial charge in [0.2, 0.25) is 5.95 Å². The lowest BCUT2D eigenvalue weighted by Crippen LogP contribution is -2.47. The fraction of sp³-hybridized carbons (Fsp3) is 0.550. The topological polar surface area (TPSA) is 69.7 Å². The number of nitrogens with one attached hydrogen (secondary N) is 1. The van der Waals surface area contributed by atoms with Crippen molar-refractivity contribution in [3.63, 3.8) is 0 Å². The van der Waals surface area contributed by atoms with E-state index in [1.54, 1.807) is 0 Å². The highest BCUT2D eigenvalue weighted by atomic mass is 16.5. The van der Waals surface area contributed by atoms with Crippen molar-refractivity contribution >= 4 is 17.6 Å². The summed E-state index contributed by atoms with van der Waals surface area (Å²) in [5, 5.41) is 3.49. The SMILES string of the molecule is Cc1cnc(N2CCN(c3ccccn3)CC2)nc1NCCN1CCOCC1. The number of piperazine rings is 1. The van der Waals surface area contributed by atoms with Crippen LogP contribution in [0.2, 0.25) is 0 Å². The molecule has 0 bridgehead atoms. The Morgan fingerprint density at radius 3 is 2.54 bits per heavy atom. The third-order valence-electron chi connectivity index (χ3n) is 5.32. The molecule has 0 saturated carbocycles. The van der Waals surface area contributed by atoms with Gasteiger partial charge in [-0.25, -0.2) is 9.97 Å². The largest absolute Gasteiger partial charge is 0.379 e. The monoisotopic (exact) mass is 383 g/mol. The molecule has 0 unspecified atom stereocenters. The summed E-state index contributed by atoms with van der Waals surface area (Å²) in [6, 6.07) is 6.05. The van der Waals surface area contributed by atoms with Crippen molar-refractivity contribution in [2.45, 2.75) is 6.92 Å². The molecule has 0 aromatic carbocycles. The number of nitrogens with zero attached hydrogens (tertiary/aromatic N) is 6. The number of rotatable bonds is 6. The summed E-state index contributed by atoms with van der Waals surface area (Å²) in [6.07, 6.45) is 3.77. The molecule has 2 aromatic heterocycles. The van der Waals surface area contributed by atoms with Crippen molar-refractivity contribution in [3.8, 4) is 0 Å². The zero-order valence-corrected chi connectivity index (χ0v) is 16.5. The van der Waals surface area contributed by atoms with Gasteiger partial charge < -0.3 is 19.9 Å². The molecule has 0 aliphatic carbocycles. The predicted octanol–water partition coefficient (Wildman–Crippen LogP) is 1.25. The molecule has 0 atom stereocenters. The first-order valence-corrected chi connectivity index (χ1v) is 10.1. The number of aromatic nitrogens is 3. The zero-order chi connectivity index (χ0) is 19.2. The van der Waals surface area contributed by atoms with Crippen molar-refractivity contribution in [2.24, 2.45) is 0 Å². The minimum Gasteiger partial charge on any atom is -0.379 e. The molecule has 2 fully saturated rings. The van der Waals surface area contributed by atoms with Crippen LogP contribution in [0.1, 0.15) is 5.56 Å². The number of morpholine rings is 1. The van der Waals surface area contributed by atoms with Crippen molar-refractivity contribution in [2.75, 3.05) is 80.7 Å². The summed E-state index contributed by atoms with van der Waals surface area (Å²) in [5.41, 5.74) is 1.08. The minimum absolute atomic E-state index is 0.806. The Bertz CT molecular complexity index is 743. The molecule has 2 aliphatic heterocycles. The Hall–Kier alpha value is -2.45. The number of aryl methyl sites for hydroxylation is 1. The van der Waals surface area contributed by atoms with Gasteiger partial charge in [-0.2, -0.15) is 4.98 Å². The standard InChI is InChI=1S/C20H29N7O/c1-17-16-23-20(24-19(17)22-6-7-25-12-14-28-15-13-25)27-10-8-26(9-11-27)18-4-2-3-5-21-18/h2-5,16H,6-15H2,1H3,(H,22,23,24). The molecular weight excluding hydrogens is 354 g/mol. The van der Waals surface area contributed by atoms with E-state index in [0.717, 1.165) is 88.7 Å². The van der Waals surface area contributed by atoms with Crippen LogP contribution < -0.4 is 15.1 Å². The van der Waals surface area contributed by atoms with E-state index >= 15 is 0 Å². The maximum absolute atomic E-state index is 5.41. The molecule has 0 spiro atoms. The van der Waals surface area contributed by atoms with Crippen LogP contribution in [0.3, 0.4) is 0 Å². The summed E-state index contributed by atoms with van der Waals surface area (Å²) in [6.45, 7) is 11.3. The maximum atomic E-state index is 5.41. The highest BCUT2D eigenvalue weighted by molar-refractivity contribution is 5.48. The average molecular weight is 384 g/mol. The van der Waals surface area contributed by atoms with E-state index in [0.29, 0.717) is 0 Å². The first-order valence-electron chi connectivity index (χ1n) is 10.1. The lowest BCUT2D eigenvalue weighted by molar-refractivity contribution is 0.0398. The first-order chi connectivity index (χ1) is 13.8. The third-order valence-corrected chi connectivity index (χ3v) is 5.32. The van der Waals surface area contributed by atoms with E-state index in [1.807, 2.05) is 24.5 Å². The lowest BCUT2D eigenvalue weighted by Gasteiger charge is -2.35. The molecule has 8 nitrogen and oxygen atoms in total. The van der Waals surface area contributed by atoms with Gasteiger partial charge in [-0.3, -0.25) is 4.90 Å². The van der Waals surface area contributed by atoms with Gasteiger partial charge in [0.05, 0.1) is 13.2 Å². The average Bonchev–Trinajstić information content (AvgIpc) is 2.77. The van der Waals surface area contributed by atoms with E-state index < -0.39 is 0 Å². The quantitative estimate of drug-likeness (QED) is 0.799. The molecule has 150 valence electrons. The number of pyridine rings is 1. The summed E-state index contributed by atoms with van der Waals surface area (Å²) < 4.78 is 5.41. The van der Waals surface area contributed by atoms with Crippen LogP contribution in [0.5, 0.6) is 0 Å². The van der Waals surface area contributed by atoms with E-state index in [1.165, 1.54) is 0 Å². The van der Waals surface area contributed by atoms with Crippen LogP contribution >= 0.6 is 0 Å². The second-order valence-corrected chi connectivity index (χ2v) is 7.24. The Morgan fingerprint density at radius 1 is 1.00 bits per heavy atom. The third kappa shape index (κ3) is 4.69. The molecule has 1 N–H and O–H groups in total. The molecule has 0 radical (unpaired) electrons. The highest BCUT2D eigenvalue weighted by Gasteiger charge is 2.20. The predicted molar refractivity (Wildman–Crippen MR) is 111 cm³/mol. The highest BCUT2D eigenvalue weighted by Crippen LogP contribution is 2.19. The van der Waals surface area contributed by atoms with Crippen LogP contribution in [-0.4, -0.2) is 85.4 Å². The number of anilines is 3. The van der Waals surface area contributed by atoms with Gasteiger partial charge in [-0.1, -0.05) is 6.07 Å². The molecule has 8 heteroatoms. The summed E-state index contributed by atoms with van der Waals surface area (Å²) >= 11 is 0. The minimum atomic E-state index is 0.806. The molecule has 4 rings (SSSR count). The van der Waals surface area contributed by atoms with Crippen LogP contribution in [0.25, 0.3) is 0 Å². The van der Waals surface area contributed by atoms with Crippen LogP contribution in [-0.2, 0) is 4.74 Å². The summed E-state index contributed by atoms with van der Waals surface area (Å²) in [7, 11) is 0. The van der Waals surface area contributed by atoms with Crippen molar-refractivity contribution in [1.82, 2.24) is 19.9 Å². The fourth-order valence-electron chi connectivity index (χ4n) is 3.60. The molecule has 2 saturated heterocycles. The molecule has 2 aromatic rings. The number of hydrogen-bond donors (Lipinski definition) is 1. The van der Waals surface area contributed by atoms with Gasteiger partial charge >= 0.3 is 0 Å². The van der Waals surface area contributed by atoms with Crippen molar-refractivity contribution in [1.29, 1.82) is 0 Å². The molecule has 2 aliphatic rings. The Balaban J connectivity index is 1.32. The number of ether oxygens (including phenoxy) is 1. The Kier molecular flexibility index (Phi) is 6.18. The van der Waals surface area contributed by atoms with Gasteiger partial charge in [0.15, 0.2) is 0 Å². The first kappa shape index (κ1) is 18.9. The van der Waals surface area contributed by atoms with Gasteiger partial charge in [0, 0.05) is 70.3 Å². The van der Waals surface area contributed by atoms with Crippen LogP contribution in [0.15, 0.2) is 30.6 Å². The summed E-state index contributed by atoms with van der Waals surface area (Å²) in [5.74, 6) is 2.78. The fourth-order valence-corrected chi connectivity index (χ4v) is 3.60. The van der Waals surface area contributed by atoms with Gasteiger partial charge in [0.25, 0.3) is 0 Å². The van der Waals surface area contributed by atoms with Crippen LogP contribution in [0.4, 0.5) is 17.6 Å². The van der Waals surface area contributed by atoms with E-state index in [4.69, 9.17) is 9.72 Å². The van der Waals surface area contributed by atoms with Crippen LogP contribution in [0, 0.1) is 6.92 Å². The Labute approximate surface area is 166 Å². The van der Waals surface area contributed by atoms with Crippen molar-refractivity contribution in [3.05, 3.63) is 36.2 Å². The zero-order valence-electron chi connectivity index (χ0n) is 16.5. The molecule has 28 heavy (non-hydrogen) atoms. The van der Waals surface area contributed by atoms with Gasteiger partial charge in [-0.15, -0.1) is 0 Å². The second kappa shape index (κ2) is 9.16.